The molecule has 0 bridgehead atoms. The first-order valence-electron chi connectivity index (χ1n) is 6.57. The van der Waals surface area contributed by atoms with Gasteiger partial charge in [-0.25, -0.2) is 0 Å². The second kappa shape index (κ2) is 6.62. The monoisotopic (exact) mass is 307 g/mol. The highest BCUT2D eigenvalue weighted by Crippen LogP contribution is 2.27. The maximum atomic E-state index is 11.0. The average molecular weight is 307 g/mol. The van der Waals surface area contributed by atoms with E-state index >= 15 is 0 Å². The molecule has 1 N–H and O–H groups in total. The molecule has 1 atom stereocenters. The summed E-state index contributed by atoms with van der Waals surface area (Å²) in [6.45, 7) is 2.55. The summed E-state index contributed by atoms with van der Waals surface area (Å²) < 4.78 is 11.0. The number of aromatic nitrogens is 1. The van der Waals surface area contributed by atoms with Crippen molar-refractivity contribution in [3.05, 3.63) is 40.1 Å². The number of rotatable bonds is 6. The lowest BCUT2D eigenvalue weighted by Crippen LogP contribution is -2.07. The van der Waals surface area contributed by atoms with Crippen molar-refractivity contribution in [3.8, 4) is 0 Å². The molecule has 1 unspecified atom stereocenters. The highest BCUT2D eigenvalue weighted by atomic mass is 32.2. The molecule has 1 aromatic heterocycles. The Bertz CT molecular complexity index is 703. The molecular formula is C14H17N3O3S. The summed E-state index contributed by atoms with van der Waals surface area (Å²) in [5, 5.41) is 14.9. The molecule has 0 radical (unpaired) electrons. The van der Waals surface area contributed by atoms with Crippen LogP contribution in [-0.4, -0.2) is 32.7 Å². The van der Waals surface area contributed by atoms with Crippen LogP contribution in [0.2, 0.25) is 0 Å². The van der Waals surface area contributed by atoms with Gasteiger partial charge in [0.25, 0.3) is 5.69 Å². The van der Waals surface area contributed by atoms with Gasteiger partial charge in [-0.1, -0.05) is 0 Å². The molecule has 0 amide bonds. The zero-order valence-corrected chi connectivity index (χ0v) is 12.8. The zero-order chi connectivity index (χ0) is 15.4. The molecule has 21 heavy (non-hydrogen) atoms. The lowest BCUT2D eigenvalue weighted by molar-refractivity contribution is -0.384. The van der Waals surface area contributed by atoms with E-state index in [1.807, 2.05) is 13.0 Å². The van der Waals surface area contributed by atoms with Crippen LogP contribution >= 0.6 is 0 Å². The standard InChI is InChI=1S/C14H17N3O3S/c1-10-8-14(15-6-3-7-21(2)20)12-9-11(17(18)19)4-5-13(12)16-10/h4-5,8-9H,3,6-7H2,1-2H3,(H,15,16). The molecule has 0 spiro atoms. The fourth-order valence-corrected chi connectivity index (χ4v) is 2.66. The largest absolute Gasteiger partial charge is 0.384 e. The van der Waals surface area contributed by atoms with Crippen LogP contribution in [0.15, 0.2) is 24.3 Å². The van der Waals surface area contributed by atoms with Gasteiger partial charge in [-0.2, -0.15) is 0 Å². The number of nitrogens with zero attached hydrogens (tertiary/aromatic N) is 2. The first-order valence-corrected chi connectivity index (χ1v) is 8.30. The summed E-state index contributed by atoms with van der Waals surface area (Å²) in [5.74, 6) is 0.634. The van der Waals surface area contributed by atoms with Gasteiger partial charge in [-0.3, -0.25) is 19.3 Å². The van der Waals surface area contributed by atoms with Gasteiger partial charge >= 0.3 is 0 Å². The summed E-state index contributed by atoms with van der Waals surface area (Å²) in [6, 6.07) is 6.52. The van der Waals surface area contributed by atoms with E-state index in [-0.39, 0.29) is 5.69 Å². The lowest BCUT2D eigenvalue weighted by Gasteiger charge is -2.10. The number of aryl methyl sites for hydroxylation is 1. The summed E-state index contributed by atoms with van der Waals surface area (Å²) in [7, 11) is -0.806. The SMILES string of the molecule is Cc1cc(NCCCS(C)=O)c2cc([N+](=O)[O-])ccc2n1. The van der Waals surface area contributed by atoms with Crippen molar-refractivity contribution in [3.63, 3.8) is 0 Å². The van der Waals surface area contributed by atoms with Crippen LogP contribution < -0.4 is 5.32 Å². The first-order chi connectivity index (χ1) is 9.97. The van der Waals surface area contributed by atoms with Gasteiger partial charge in [-0.15, -0.1) is 0 Å². The highest BCUT2D eigenvalue weighted by molar-refractivity contribution is 7.84. The van der Waals surface area contributed by atoms with Crippen molar-refractivity contribution in [2.24, 2.45) is 0 Å². The molecular weight excluding hydrogens is 290 g/mol. The molecule has 1 aromatic carbocycles. The van der Waals surface area contributed by atoms with Crippen molar-refractivity contribution in [1.29, 1.82) is 0 Å². The second-order valence-electron chi connectivity index (χ2n) is 4.83. The predicted octanol–water partition coefficient (Wildman–Crippen LogP) is 2.63. The number of non-ortho nitro benzene ring substituents is 1. The van der Waals surface area contributed by atoms with Gasteiger partial charge in [0.15, 0.2) is 0 Å². The molecule has 0 saturated carbocycles. The fourth-order valence-electron chi connectivity index (χ4n) is 2.10. The Morgan fingerprint density at radius 1 is 1.38 bits per heavy atom. The normalized spacial score (nSPS) is 12.3. The van der Waals surface area contributed by atoms with E-state index < -0.39 is 15.7 Å². The number of fused-ring (bicyclic) bond motifs is 1. The number of nitro groups is 1. The number of anilines is 1. The Morgan fingerprint density at radius 3 is 2.81 bits per heavy atom. The number of hydrogen-bond donors (Lipinski definition) is 1. The van der Waals surface area contributed by atoms with Crippen molar-refractivity contribution in [2.45, 2.75) is 13.3 Å². The summed E-state index contributed by atoms with van der Waals surface area (Å²) >= 11 is 0. The number of nitrogens with one attached hydrogen (secondary N) is 1. The zero-order valence-electron chi connectivity index (χ0n) is 12.0. The Kier molecular flexibility index (Phi) is 4.85. The van der Waals surface area contributed by atoms with E-state index in [9.17, 15) is 14.3 Å². The van der Waals surface area contributed by atoms with Crippen LogP contribution in [0.4, 0.5) is 11.4 Å². The second-order valence-corrected chi connectivity index (χ2v) is 6.38. The molecule has 0 aliphatic carbocycles. The minimum Gasteiger partial charge on any atom is -0.384 e. The van der Waals surface area contributed by atoms with E-state index in [1.54, 1.807) is 12.3 Å². The van der Waals surface area contributed by atoms with Crippen molar-refractivity contribution in [1.82, 2.24) is 4.98 Å². The molecule has 0 aliphatic heterocycles. The topological polar surface area (TPSA) is 85.1 Å². The molecule has 1 heterocycles. The molecule has 2 rings (SSSR count). The van der Waals surface area contributed by atoms with Gasteiger partial charge in [-0.05, 0) is 25.5 Å². The molecule has 0 saturated heterocycles. The van der Waals surface area contributed by atoms with Crippen LogP contribution in [0.1, 0.15) is 12.1 Å². The third-order valence-corrected chi connectivity index (χ3v) is 3.92. The first kappa shape index (κ1) is 15.4. The number of pyridine rings is 1. The smallest absolute Gasteiger partial charge is 0.270 e. The number of benzene rings is 1. The third-order valence-electron chi connectivity index (χ3n) is 3.06. The molecule has 2 aromatic rings. The lowest BCUT2D eigenvalue weighted by atomic mass is 10.1. The third kappa shape index (κ3) is 3.98. The van der Waals surface area contributed by atoms with Crippen molar-refractivity contribution in [2.75, 3.05) is 23.9 Å². The fraction of sp³-hybridized carbons (Fsp3) is 0.357. The Hall–Kier alpha value is -2.02. The van der Waals surface area contributed by atoms with Crippen LogP contribution in [0.3, 0.4) is 0 Å². The highest BCUT2D eigenvalue weighted by Gasteiger charge is 2.10. The molecule has 7 heteroatoms. The Morgan fingerprint density at radius 2 is 2.14 bits per heavy atom. The Balaban J connectivity index is 2.29. The van der Waals surface area contributed by atoms with Crippen molar-refractivity contribution >= 4 is 33.1 Å². The average Bonchev–Trinajstić information content (AvgIpc) is 2.42. The van der Waals surface area contributed by atoms with Crippen LogP contribution in [-0.2, 0) is 10.8 Å². The summed E-state index contributed by atoms with van der Waals surface area (Å²) in [6.07, 6.45) is 2.45. The molecule has 0 fully saturated rings. The van der Waals surface area contributed by atoms with Gasteiger partial charge in [0, 0.05) is 58.3 Å². The maximum absolute atomic E-state index is 11.0. The van der Waals surface area contributed by atoms with Gasteiger partial charge in [0.1, 0.15) is 0 Å². The van der Waals surface area contributed by atoms with E-state index in [2.05, 4.69) is 10.3 Å². The van der Waals surface area contributed by atoms with E-state index in [0.717, 1.165) is 28.7 Å². The molecule has 112 valence electrons. The maximum Gasteiger partial charge on any atom is 0.270 e. The number of hydrogen-bond acceptors (Lipinski definition) is 5. The van der Waals surface area contributed by atoms with Gasteiger partial charge in [0.05, 0.1) is 10.4 Å². The summed E-state index contributed by atoms with van der Waals surface area (Å²) in [4.78, 5) is 14.9. The quantitative estimate of drug-likeness (QED) is 0.504. The van der Waals surface area contributed by atoms with Gasteiger partial charge in [0.2, 0.25) is 0 Å². The minimum atomic E-state index is -0.806. The van der Waals surface area contributed by atoms with Crippen LogP contribution in [0.5, 0.6) is 0 Å². The van der Waals surface area contributed by atoms with Gasteiger partial charge < -0.3 is 5.32 Å². The Labute approximate surface area is 125 Å². The van der Waals surface area contributed by atoms with E-state index in [0.29, 0.717) is 12.3 Å². The van der Waals surface area contributed by atoms with Crippen LogP contribution in [0.25, 0.3) is 10.9 Å². The molecule has 0 aliphatic rings. The van der Waals surface area contributed by atoms with E-state index in [1.165, 1.54) is 12.1 Å². The predicted molar refractivity (Wildman–Crippen MR) is 85.2 cm³/mol. The summed E-state index contributed by atoms with van der Waals surface area (Å²) in [5.41, 5.74) is 2.44. The van der Waals surface area contributed by atoms with Crippen molar-refractivity contribution < 1.29 is 9.13 Å². The minimum absolute atomic E-state index is 0.0471. The van der Waals surface area contributed by atoms with E-state index in [4.69, 9.17) is 0 Å². The van der Waals surface area contributed by atoms with Crippen LogP contribution in [0, 0.1) is 17.0 Å². The molecule has 6 nitrogen and oxygen atoms in total. The number of nitro benzene ring substituents is 1.